The number of fused-ring (bicyclic) bond motifs is 1. The number of rotatable bonds is 6. The molecule has 0 fully saturated rings. The monoisotopic (exact) mass is 351 g/mol. The number of ether oxygens (including phenoxy) is 1. The topological polar surface area (TPSA) is 21.3 Å². The number of benzene rings is 2. The summed E-state index contributed by atoms with van der Waals surface area (Å²) in [5.41, 5.74) is 1.13. The number of halogens is 2. The van der Waals surface area contributed by atoms with Gasteiger partial charge >= 0.3 is 0 Å². The first kappa shape index (κ1) is 17.7. The van der Waals surface area contributed by atoms with Crippen LogP contribution in [-0.2, 0) is 0 Å². The largest absolute Gasteiger partial charge is 0.485 e. The first-order valence-electron chi connectivity index (χ1n) is 7.31. The van der Waals surface area contributed by atoms with Crippen molar-refractivity contribution in [1.29, 1.82) is 0 Å². The van der Waals surface area contributed by atoms with Crippen LogP contribution in [0.2, 0.25) is 0 Å². The van der Waals surface area contributed by atoms with Crippen molar-refractivity contribution in [2.75, 3.05) is 13.6 Å². The maximum absolute atomic E-state index is 13.8. The summed E-state index contributed by atoms with van der Waals surface area (Å²) in [5, 5.41) is 5.89. The molecule has 0 saturated heterocycles. The van der Waals surface area contributed by atoms with Crippen LogP contribution in [0.15, 0.2) is 53.9 Å². The van der Waals surface area contributed by atoms with E-state index in [9.17, 15) is 4.39 Å². The van der Waals surface area contributed by atoms with Crippen molar-refractivity contribution >= 4 is 33.8 Å². The Hall–Kier alpha value is -1.62. The maximum atomic E-state index is 13.8. The van der Waals surface area contributed by atoms with Crippen molar-refractivity contribution in [3.05, 3.63) is 65.3 Å². The predicted octanol–water partition coefficient (Wildman–Crippen LogP) is 5.19. The molecular weight excluding hydrogens is 333 g/mol. The van der Waals surface area contributed by atoms with Crippen molar-refractivity contribution in [3.63, 3.8) is 0 Å². The summed E-state index contributed by atoms with van der Waals surface area (Å²) < 4.78 is 20.7. The minimum atomic E-state index is -0.191. The molecule has 0 aliphatic heterocycles. The Morgan fingerprint density at radius 1 is 1.13 bits per heavy atom. The average Bonchev–Trinajstić information content (AvgIpc) is 3.05. The molecule has 0 unspecified atom stereocenters. The fraction of sp³-hybridized carbons (Fsp3) is 0.222. The molecule has 1 N–H and O–H groups in total. The predicted molar refractivity (Wildman–Crippen MR) is 97.4 cm³/mol. The molecule has 3 aromatic rings. The van der Waals surface area contributed by atoms with E-state index in [1.165, 1.54) is 17.4 Å². The van der Waals surface area contributed by atoms with E-state index >= 15 is 0 Å². The van der Waals surface area contributed by atoms with Crippen molar-refractivity contribution in [3.8, 4) is 5.75 Å². The van der Waals surface area contributed by atoms with E-state index in [0.29, 0.717) is 4.70 Å². The van der Waals surface area contributed by atoms with E-state index in [-0.39, 0.29) is 24.3 Å². The van der Waals surface area contributed by atoms with Crippen LogP contribution in [0.5, 0.6) is 5.75 Å². The fourth-order valence-electron chi connectivity index (χ4n) is 2.50. The zero-order chi connectivity index (χ0) is 15.4. The van der Waals surface area contributed by atoms with Crippen LogP contribution in [0.1, 0.15) is 18.1 Å². The summed E-state index contributed by atoms with van der Waals surface area (Å²) in [6, 6.07) is 15.3. The van der Waals surface area contributed by atoms with Crippen LogP contribution in [0.3, 0.4) is 0 Å². The Balaban J connectivity index is 0.00000192. The number of hydrogen-bond donors (Lipinski definition) is 1. The lowest BCUT2D eigenvalue weighted by atomic mass is 10.1. The molecule has 0 saturated carbocycles. The van der Waals surface area contributed by atoms with Gasteiger partial charge in [-0.3, -0.25) is 0 Å². The number of nitrogens with one attached hydrogen (secondary N) is 1. The van der Waals surface area contributed by atoms with Gasteiger partial charge in [-0.1, -0.05) is 30.3 Å². The van der Waals surface area contributed by atoms with Crippen LogP contribution < -0.4 is 10.1 Å². The van der Waals surface area contributed by atoms with E-state index in [0.717, 1.165) is 29.7 Å². The van der Waals surface area contributed by atoms with Gasteiger partial charge in [0.25, 0.3) is 0 Å². The van der Waals surface area contributed by atoms with Crippen molar-refractivity contribution in [2.24, 2.45) is 0 Å². The summed E-state index contributed by atoms with van der Waals surface area (Å²) in [6.07, 6.45) is 0.797. The van der Waals surface area contributed by atoms with Gasteiger partial charge in [-0.25, -0.2) is 4.39 Å². The second kappa shape index (κ2) is 8.29. The first-order chi connectivity index (χ1) is 10.8. The molecule has 0 bridgehead atoms. The average molecular weight is 352 g/mol. The molecule has 23 heavy (non-hydrogen) atoms. The van der Waals surface area contributed by atoms with Gasteiger partial charge in [0.2, 0.25) is 0 Å². The number of thiophene rings is 1. The maximum Gasteiger partial charge on any atom is 0.141 e. The molecule has 3 rings (SSSR count). The summed E-state index contributed by atoms with van der Waals surface area (Å²) in [6.45, 7) is 0.855. The van der Waals surface area contributed by atoms with Crippen molar-refractivity contribution in [1.82, 2.24) is 5.32 Å². The Morgan fingerprint density at radius 3 is 2.65 bits per heavy atom. The molecule has 0 radical (unpaired) electrons. The quantitative estimate of drug-likeness (QED) is 0.659. The van der Waals surface area contributed by atoms with Crippen LogP contribution in [0.25, 0.3) is 10.1 Å². The van der Waals surface area contributed by atoms with Gasteiger partial charge in [0.1, 0.15) is 17.7 Å². The van der Waals surface area contributed by atoms with Gasteiger partial charge in [-0.2, -0.15) is 0 Å². The highest BCUT2D eigenvalue weighted by Crippen LogP contribution is 2.35. The second-order valence-electron chi connectivity index (χ2n) is 5.12. The highest BCUT2D eigenvalue weighted by molar-refractivity contribution is 7.17. The minimum Gasteiger partial charge on any atom is -0.485 e. The Kier molecular flexibility index (Phi) is 6.39. The van der Waals surface area contributed by atoms with Gasteiger partial charge in [0, 0.05) is 11.8 Å². The van der Waals surface area contributed by atoms with Gasteiger partial charge in [-0.05, 0) is 42.7 Å². The smallest absolute Gasteiger partial charge is 0.141 e. The third kappa shape index (κ3) is 4.02. The van der Waals surface area contributed by atoms with Gasteiger partial charge < -0.3 is 10.1 Å². The molecule has 0 aliphatic carbocycles. The highest BCUT2D eigenvalue weighted by atomic mass is 35.5. The second-order valence-corrected chi connectivity index (χ2v) is 6.03. The lowest BCUT2D eigenvalue weighted by molar-refractivity contribution is 0.197. The van der Waals surface area contributed by atoms with Crippen LogP contribution in [-0.4, -0.2) is 13.6 Å². The Morgan fingerprint density at radius 2 is 1.91 bits per heavy atom. The fourth-order valence-corrected chi connectivity index (χ4v) is 3.31. The molecule has 0 aliphatic rings. The summed E-state index contributed by atoms with van der Waals surface area (Å²) in [7, 11) is 1.93. The van der Waals surface area contributed by atoms with E-state index in [4.69, 9.17) is 4.74 Å². The Bertz CT molecular complexity index is 747. The highest BCUT2D eigenvalue weighted by Gasteiger charge is 2.16. The van der Waals surface area contributed by atoms with E-state index in [1.807, 2.05) is 36.7 Å². The van der Waals surface area contributed by atoms with Crippen molar-refractivity contribution < 1.29 is 9.13 Å². The molecular formula is C18H19ClFNOS. The van der Waals surface area contributed by atoms with Crippen molar-refractivity contribution in [2.45, 2.75) is 12.5 Å². The van der Waals surface area contributed by atoms with Gasteiger partial charge in [0.15, 0.2) is 0 Å². The third-order valence-corrected chi connectivity index (χ3v) is 4.55. The van der Waals surface area contributed by atoms with Crippen LogP contribution in [0, 0.1) is 5.82 Å². The summed E-state index contributed by atoms with van der Waals surface area (Å²) >= 11 is 1.40. The van der Waals surface area contributed by atoms with Gasteiger partial charge in [0.05, 0.1) is 4.70 Å². The molecule has 122 valence electrons. The van der Waals surface area contributed by atoms with Crippen LogP contribution >= 0.6 is 23.7 Å². The SMILES string of the molecule is CNCC[C@H](Oc1ccc(F)c2sccc12)c1ccccc1.Cl. The van der Waals surface area contributed by atoms with Crippen LogP contribution in [0.4, 0.5) is 4.39 Å². The molecule has 0 amide bonds. The molecule has 5 heteroatoms. The first-order valence-corrected chi connectivity index (χ1v) is 8.19. The normalized spacial score (nSPS) is 11.9. The van der Waals surface area contributed by atoms with E-state index in [1.54, 1.807) is 6.07 Å². The molecule has 2 nitrogen and oxygen atoms in total. The molecule has 1 heterocycles. The molecule has 1 atom stereocenters. The molecule has 1 aromatic heterocycles. The lowest BCUT2D eigenvalue weighted by Gasteiger charge is -2.20. The molecule has 0 spiro atoms. The van der Waals surface area contributed by atoms with E-state index in [2.05, 4.69) is 17.4 Å². The zero-order valence-electron chi connectivity index (χ0n) is 12.8. The molecule has 2 aromatic carbocycles. The van der Waals surface area contributed by atoms with E-state index < -0.39 is 0 Å². The summed E-state index contributed by atoms with van der Waals surface area (Å²) in [5.74, 6) is 0.548. The number of hydrogen-bond acceptors (Lipinski definition) is 3. The van der Waals surface area contributed by atoms with Gasteiger partial charge in [-0.15, -0.1) is 23.7 Å². The third-order valence-electron chi connectivity index (χ3n) is 3.63. The zero-order valence-corrected chi connectivity index (χ0v) is 14.4. The lowest BCUT2D eigenvalue weighted by Crippen LogP contribution is -2.16. The standard InChI is InChI=1S/C18H18FNOS.ClH/c1-20-11-9-16(13-5-3-2-4-6-13)21-17-8-7-15(19)18-14(17)10-12-22-18;/h2-8,10,12,16,20H,9,11H2,1H3;1H/t16-;/m0./s1. The minimum absolute atomic E-state index is 0. The summed E-state index contributed by atoms with van der Waals surface area (Å²) in [4.78, 5) is 0. The Labute approximate surface area is 145 Å².